The Balaban J connectivity index is -0.000000110. The van der Waals surface area contributed by atoms with Crippen molar-refractivity contribution in [2.75, 3.05) is 0 Å². The second-order valence-electron chi connectivity index (χ2n) is 6.30. The number of hydrogen-bond acceptors (Lipinski definition) is 0. The fourth-order valence-corrected chi connectivity index (χ4v) is 1.88. The summed E-state index contributed by atoms with van der Waals surface area (Å²) >= 11 is 0. The molecule has 0 bridgehead atoms. The standard InChI is InChI=1S/C9H18N.2C4H9.Li.Mg/c1-8(2)6-5-7-9(3,4)10-8;2*1-3-4-2;;/h5-7H2,1-4H3;2*1,3-4H2,2H3;;/q3*-1;+1;+2. The Labute approximate surface area is 158 Å². The summed E-state index contributed by atoms with van der Waals surface area (Å²) in [5.74, 6) is 0. The first-order valence-electron chi connectivity index (χ1n) is 7.57. The van der Waals surface area contributed by atoms with Gasteiger partial charge in [-0.15, -0.1) is 11.1 Å². The normalized spacial score (nSPS) is 18.0. The van der Waals surface area contributed by atoms with E-state index in [2.05, 4.69) is 55.4 Å². The molecule has 0 amide bonds. The predicted octanol–water partition coefficient (Wildman–Crippen LogP) is 2.97. The molecule has 1 heterocycles. The van der Waals surface area contributed by atoms with Gasteiger partial charge in [0, 0.05) is 0 Å². The molecule has 0 aromatic rings. The predicted molar refractivity (Wildman–Crippen MR) is 91.7 cm³/mol. The maximum atomic E-state index is 4.75. The maximum Gasteiger partial charge on any atom is 2.00 e. The molecule has 0 aromatic heterocycles. The van der Waals surface area contributed by atoms with Gasteiger partial charge in [-0.3, -0.25) is 0 Å². The van der Waals surface area contributed by atoms with Gasteiger partial charge in [0.15, 0.2) is 0 Å². The van der Waals surface area contributed by atoms with Crippen molar-refractivity contribution in [1.29, 1.82) is 0 Å². The Kier molecular flexibility index (Phi) is 24.5. The third-order valence-corrected chi connectivity index (χ3v) is 2.89. The van der Waals surface area contributed by atoms with Gasteiger partial charge in [0.05, 0.1) is 0 Å². The van der Waals surface area contributed by atoms with Crippen LogP contribution < -0.4 is 18.9 Å². The number of unbranched alkanes of at least 4 members (excludes halogenated alkanes) is 2. The van der Waals surface area contributed by atoms with E-state index in [1.165, 1.54) is 32.1 Å². The molecule has 0 aromatic carbocycles. The molecule has 1 rings (SSSR count). The van der Waals surface area contributed by atoms with Crippen LogP contribution in [0.5, 0.6) is 0 Å². The van der Waals surface area contributed by atoms with Crippen molar-refractivity contribution >= 4 is 23.1 Å². The van der Waals surface area contributed by atoms with Gasteiger partial charge in [0.1, 0.15) is 0 Å². The van der Waals surface area contributed by atoms with Crippen LogP contribution >= 0.6 is 0 Å². The van der Waals surface area contributed by atoms with Crippen molar-refractivity contribution in [3.05, 3.63) is 19.2 Å². The Morgan fingerprint density at radius 2 is 1.10 bits per heavy atom. The number of hydrogen-bond donors (Lipinski definition) is 0. The molecule has 1 fully saturated rings. The Bertz CT molecular complexity index is 160. The van der Waals surface area contributed by atoms with Gasteiger partial charge in [0.25, 0.3) is 0 Å². The first kappa shape index (κ1) is 29.3. The van der Waals surface area contributed by atoms with E-state index in [9.17, 15) is 0 Å². The molecule has 0 atom stereocenters. The maximum absolute atomic E-state index is 4.75. The molecular formula is C17H36LiMgN. The van der Waals surface area contributed by atoms with Crippen LogP contribution in [-0.4, -0.2) is 34.1 Å². The van der Waals surface area contributed by atoms with Gasteiger partial charge in [-0.1, -0.05) is 73.6 Å². The zero-order chi connectivity index (χ0) is 14.7. The van der Waals surface area contributed by atoms with Crippen LogP contribution in [0.25, 0.3) is 5.32 Å². The van der Waals surface area contributed by atoms with Crippen LogP contribution in [0.1, 0.15) is 86.5 Å². The third kappa shape index (κ3) is 21.6. The fraction of sp³-hybridized carbons (Fsp3) is 0.882. The molecule has 0 spiro atoms. The van der Waals surface area contributed by atoms with Gasteiger partial charge < -0.3 is 19.2 Å². The summed E-state index contributed by atoms with van der Waals surface area (Å²) in [6, 6.07) is 0. The summed E-state index contributed by atoms with van der Waals surface area (Å²) in [6.45, 7) is 20.4. The largest absolute Gasteiger partial charge is 2.00 e. The number of nitrogens with zero attached hydrogens (tertiary/aromatic N) is 1. The first-order valence-corrected chi connectivity index (χ1v) is 7.57. The average molecular weight is 286 g/mol. The summed E-state index contributed by atoms with van der Waals surface area (Å²) in [6.07, 6.45) is 8.41. The summed E-state index contributed by atoms with van der Waals surface area (Å²) < 4.78 is 0. The SMILES string of the molecule is CC1(C)CCCC(C)(C)[N-]1.[CH2-]CCC.[CH2-]CCC.[Li+].[Mg+2]. The third-order valence-electron chi connectivity index (χ3n) is 2.89. The van der Waals surface area contributed by atoms with Gasteiger partial charge in [-0.2, -0.15) is 12.8 Å². The van der Waals surface area contributed by atoms with E-state index in [1.807, 2.05) is 0 Å². The van der Waals surface area contributed by atoms with Crippen molar-refractivity contribution in [2.24, 2.45) is 0 Å². The summed E-state index contributed by atoms with van der Waals surface area (Å²) in [5, 5.41) is 4.75. The summed E-state index contributed by atoms with van der Waals surface area (Å²) in [5.41, 5.74) is 0.476. The van der Waals surface area contributed by atoms with Crippen LogP contribution in [0.4, 0.5) is 0 Å². The zero-order valence-electron chi connectivity index (χ0n) is 15.5. The van der Waals surface area contributed by atoms with Gasteiger partial charge in [-0.05, 0) is 0 Å². The molecule has 1 aliphatic rings. The molecule has 1 aliphatic heterocycles. The molecule has 112 valence electrons. The fourth-order valence-electron chi connectivity index (χ4n) is 1.88. The second-order valence-corrected chi connectivity index (χ2v) is 6.30. The average Bonchev–Trinajstić information content (AvgIpc) is 2.26. The molecule has 1 nitrogen and oxygen atoms in total. The minimum absolute atomic E-state index is 0. The van der Waals surface area contributed by atoms with Crippen LogP contribution in [-0.2, 0) is 0 Å². The van der Waals surface area contributed by atoms with Gasteiger partial charge >= 0.3 is 41.9 Å². The van der Waals surface area contributed by atoms with E-state index in [0.29, 0.717) is 0 Å². The summed E-state index contributed by atoms with van der Waals surface area (Å²) in [7, 11) is 0. The Morgan fingerprint density at radius 1 is 0.850 bits per heavy atom. The molecule has 1 saturated heterocycles. The van der Waals surface area contributed by atoms with Gasteiger partial charge in [-0.25, -0.2) is 0 Å². The van der Waals surface area contributed by atoms with Crippen LogP contribution in [0.2, 0.25) is 0 Å². The quantitative estimate of drug-likeness (QED) is 0.547. The molecule has 0 aliphatic carbocycles. The van der Waals surface area contributed by atoms with Crippen LogP contribution in [0, 0.1) is 13.8 Å². The zero-order valence-corrected chi connectivity index (χ0v) is 16.9. The van der Waals surface area contributed by atoms with E-state index in [0.717, 1.165) is 12.8 Å². The molecule has 20 heavy (non-hydrogen) atoms. The summed E-state index contributed by atoms with van der Waals surface area (Å²) in [4.78, 5) is 0. The molecule has 0 radical (unpaired) electrons. The molecular weight excluding hydrogens is 249 g/mol. The first-order chi connectivity index (χ1) is 8.24. The molecule has 0 unspecified atom stereocenters. The Hall–Kier alpha value is 1.32. The van der Waals surface area contributed by atoms with E-state index in [4.69, 9.17) is 5.32 Å². The minimum Gasteiger partial charge on any atom is -0.652 e. The minimum atomic E-state index is 0. The Morgan fingerprint density at radius 3 is 1.20 bits per heavy atom. The topological polar surface area (TPSA) is 14.1 Å². The van der Waals surface area contributed by atoms with E-state index < -0.39 is 0 Å². The molecule has 0 saturated carbocycles. The van der Waals surface area contributed by atoms with E-state index >= 15 is 0 Å². The molecule has 0 N–H and O–H groups in total. The number of piperidine rings is 1. The van der Waals surface area contributed by atoms with Crippen molar-refractivity contribution in [3.63, 3.8) is 0 Å². The second kappa shape index (κ2) is 16.7. The van der Waals surface area contributed by atoms with Crippen molar-refractivity contribution in [2.45, 2.75) is 97.6 Å². The van der Waals surface area contributed by atoms with Gasteiger partial charge in [0.2, 0.25) is 0 Å². The molecule has 3 heteroatoms. The smallest absolute Gasteiger partial charge is 0.652 e. The van der Waals surface area contributed by atoms with E-state index in [-0.39, 0.29) is 53.0 Å². The van der Waals surface area contributed by atoms with Crippen LogP contribution in [0.15, 0.2) is 0 Å². The van der Waals surface area contributed by atoms with Crippen LogP contribution in [0.3, 0.4) is 0 Å². The van der Waals surface area contributed by atoms with Crippen molar-refractivity contribution in [1.82, 2.24) is 0 Å². The number of rotatable bonds is 2. The van der Waals surface area contributed by atoms with Crippen molar-refractivity contribution in [3.8, 4) is 0 Å². The van der Waals surface area contributed by atoms with E-state index in [1.54, 1.807) is 0 Å². The monoisotopic (exact) mass is 285 g/mol. The van der Waals surface area contributed by atoms with Crippen molar-refractivity contribution < 1.29 is 18.9 Å².